The number of halogens is 1. The Hall–Kier alpha value is -2.01. The zero-order valence-electron chi connectivity index (χ0n) is 12.8. The fourth-order valence-corrected chi connectivity index (χ4v) is 3.83. The lowest BCUT2D eigenvalue weighted by Gasteiger charge is -2.16. The van der Waals surface area contributed by atoms with Gasteiger partial charge >= 0.3 is 5.97 Å². The average molecular weight is 332 g/mol. The highest BCUT2D eigenvalue weighted by atomic mass is 32.1. The molecule has 0 bridgehead atoms. The van der Waals surface area contributed by atoms with Crippen molar-refractivity contribution in [2.45, 2.75) is 26.2 Å². The lowest BCUT2D eigenvalue weighted by atomic mass is 9.90. The molecule has 1 atom stereocenters. The predicted octanol–water partition coefficient (Wildman–Crippen LogP) is 4.05. The highest BCUT2D eigenvalue weighted by molar-refractivity contribution is 7.14. The molecule has 23 heavy (non-hydrogen) atoms. The van der Waals surface area contributed by atoms with Gasteiger partial charge in [-0.1, -0.05) is 6.92 Å². The Balaban J connectivity index is 1.61. The van der Waals surface area contributed by atoms with Gasteiger partial charge in [-0.2, -0.15) is 0 Å². The minimum absolute atomic E-state index is 0.330. The quantitative estimate of drug-likeness (QED) is 0.626. The first kappa shape index (κ1) is 15.9. The van der Waals surface area contributed by atoms with Crippen LogP contribution in [0, 0.1) is 11.7 Å². The summed E-state index contributed by atoms with van der Waals surface area (Å²) in [5.74, 6) is -0.571. The molecule has 0 unspecified atom stereocenters. The van der Waals surface area contributed by atoms with E-state index in [1.807, 2.05) is 6.07 Å². The molecule has 1 heterocycles. The number of aryl methyl sites for hydroxylation is 1. The van der Waals surface area contributed by atoms with Crippen molar-refractivity contribution in [2.24, 2.45) is 5.92 Å². The lowest BCUT2D eigenvalue weighted by Crippen LogP contribution is -2.13. The van der Waals surface area contributed by atoms with Gasteiger partial charge < -0.3 is 4.74 Å². The molecule has 0 saturated carbocycles. The molecule has 1 aromatic heterocycles. The summed E-state index contributed by atoms with van der Waals surface area (Å²) < 4.78 is 17.9. The molecule has 1 aromatic carbocycles. The van der Waals surface area contributed by atoms with Gasteiger partial charge in [0.05, 0.1) is 0 Å². The van der Waals surface area contributed by atoms with Gasteiger partial charge in [0.25, 0.3) is 0 Å². The van der Waals surface area contributed by atoms with Gasteiger partial charge in [-0.3, -0.25) is 4.79 Å². The minimum atomic E-state index is -0.465. The van der Waals surface area contributed by atoms with E-state index in [1.165, 1.54) is 46.0 Å². The van der Waals surface area contributed by atoms with Crippen LogP contribution in [-0.2, 0) is 17.6 Å². The molecule has 3 nitrogen and oxygen atoms in total. The van der Waals surface area contributed by atoms with Crippen LogP contribution < -0.4 is 0 Å². The zero-order valence-corrected chi connectivity index (χ0v) is 13.6. The van der Waals surface area contributed by atoms with Crippen LogP contribution in [0.5, 0.6) is 0 Å². The summed E-state index contributed by atoms with van der Waals surface area (Å²) in [6.45, 7) is 1.88. The number of rotatable bonds is 4. The molecule has 1 aliphatic rings. The number of hydrogen-bond acceptors (Lipinski definition) is 4. The zero-order chi connectivity index (χ0) is 16.4. The molecule has 2 aromatic rings. The summed E-state index contributed by atoms with van der Waals surface area (Å²) in [6, 6.07) is 7.08. The second-order valence-electron chi connectivity index (χ2n) is 5.91. The van der Waals surface area contributed by atoms with E-state index < -0.39 is 11.8 Å². The molecular formula is C18H17FO3S. The maximum absolute atomic E-state index is 12.8. The van der Waals surface area contributed by atoms with Crippen LogP contribution in [0.1, 0.15) is 43.8 Å². The van der Waals surface area contributed by atoms with E-state index in [9.17, 15) is 14.0 Å². The third kappa shape index (κ3) is 3.67. The van der Waals surface area contributed by atoms with E-state index in [1.54, 1.807) is 0 Å². The number of thiophene rings is 1. The van der Waals surface area contributed by atoms with Crippen molar-refractivity contribution in [3.05, 3.63) is 57.0 Å². The molecule has 0 saturated heterocycles. The SMILES string of the molecule is C[C@H]1CCc2sc(C(=O)OCC(=O)c3ccc(F)cc3)cc2C1. The van der Waals surface area contributed by atoms with Gasteiger partial charge in [-0.25, -0.2) is 9.18 Å². The molecule has 0 fully saturated rings. The lowest BCUT2D eigenvalue weighted by molar-refractivity contribution is 0.0479. The molecular weight excluding hydrogens is 315 g/mol. The first-order valence-corrected chi connectivity index (χ1v) is 8.42. The second-order valence-corrected chi connectivity index (χ2v) is 7.05. The van der Waals surface area contributed by atoms with Crippen molar-refractivity contribution >= 4 is 23.1 Å². The molecule has 0 N–H and O–H groups in total. The Morgan fingerprint density at radius 2 is 2.04 bits per heavy atom. The van der Waals surface area contributed by atoms with Gasteiger partial charge in [-0.15, -0.1) is 11.3 Å². The molecule has 0 amide bonds. The van der Waals surface area contributed by atoms with E-state index >= 15 is 0 Å². The van der Waals surface area contributed by atoms with Gasteiger partial charge in [0.2, 0.25) is 0 Å². The van der Waals surface area contributed by atoms with Gasteiger partial charge in [-0.05, 0) is 61.1 Å². The van der Waals surface area contributed by atoms with Crippen LogP contribution in [0.15, 0.2) is 30.3 Å². The molecule has 3 rings (SSSR count). The van der Waals surface area contributed by atoms with Crippen molar-refractivity contribution in [1.82, 2.24) is 0 Å². The van der Waals surface area contributed by atoms with Crippen molar-refractivity contribution in [3.63, 3.8) is 0 Å². The summed E-state index contributed by atoms with van der Waals surface area (Å²) in [5.41, 5.74) is 1.56. The minimum Gasteiger partial charge on any atom is -0.453 e. The Morgan fingerprint density at radius 3 is 2.78 bits per heavy atom. The number of hydrogen-bond donors (Lipinski definition) is 0. The Bertz CT molecular complexity index is 733. The molecule has 0 radical (unpaired) electrons. The number of ketones is 1. The third-order valence-corrected chi connectivity index (χ3v) is 5.25. The Kier molecular flexibility index (Phi) is 4.57. The second kappa shape index (κ2) is 6.62. The highest BCUT2D eigenvalue weighted by Gasteiger charge is 2.21. The van der Waals surface area contributed by atoms with E-state index in [-0.39, 0.29) is 12.4 Å². The van der Waals surface area contributed by atoms with Crippen LogP contribution in [0.4, 0.5) is 4.39 Å². The molecule has 0 spiro atoms. The monoisotopic (exact) mass is 332 g/mol. The van der Waals surface area contributed by atoms with Crippen LogP contribution in [-0.4, -0.2) is 18.4 Å². The van der Waals surface area contributed by atoms with Crippen LogP contribution in [0.3, 0.4) is 0 Å². The summed E-state index contributed by atoms with van der Waals surface area (Å²) in [6.07, 6.45) is 3.14. The van der Waals surface area contributed by atoms with Crippen LogP contribution in [0.25, 0.3) is 0 Å². The van der Waals surface area contributed by atoms with Crippen molar-refractivity contribution in [3.8, 4) is 0 Å². The maximum Gasteiger partial charge on any atom is 0.348 e. The first-order chi connectivity index (χ1) is 11.0. The smallest absolute Gasteiger partial charge is 0.348 e. The van der Waals surface area contributed by atoms with Crippen molar-refractivity contribution in [1.29, 1.82) is 0 Å². The Labute approximate surface area is 138 Å². The van der Waals surface area contributed by atoms with Crippen LogP contribution in [0.2, 0.25) is 0 Å². The number of ether oxygens (including phenoxy) is 1. The summed E-state index contributed by atoms with van der Waals surface area (Å²) in [7, 11) is 0. The summed E-state index contributed by atoms with van der Waals surface area (Å²) in [4.78, 5) is 25.8. The molecule has 5 heteroatoms. The van der Waals surface area contributed by atoms with E-state index in [2.05, 4.69) is 6.92 Å². The van der Waals surface area contributed by atoms with Gasteiger partial charge in [0.1, 0.15) is 10.7 Å². The fourth-order valence-electron chi connectivity index (χ4n) is 2.73. The molecule has 120 valence electrons. The van der Waals surface area contributed by atoms with E-state index in [0.717, 1.165) is 19.3 Å². The number of carbonyl (C=O) groups is 2. The van der Waals surface area contributed by atoms with Gasteiger partial charge in [0, 0.05) is 10.4 Å². The molecule has 0 aliphatic heterocycles. The highest BCUT2D eigenvalue weighted by Crippen LogP contribution is 2.32. The number of Topliss-reactive ketones (excluding diaryl/α,β-unsaturated/α-hetero) is 1. The number of carbonyl (C=O) groups excluding carboxylic acids is 2. The topological polar surface area (TPSA) is 43.4 Å². The number of esters is 1. The predicted molar refractivity (Wildman–Crippen MR) is 86.5 cm³/mol. The normalized spacial score (nSPS) is 16.7. The number of fused-ring (bicyclic) bond motifs is 1. The maximum atomic E-state index is 12.8. The summed E-state index contributed by atoms with van der Waals surface area (Å²) >= 11 is 1.46. The Morgan fingerprint density at radius 1 is 1.30 bits per heavy atom. The fraction of sp³-hybridized carbons (Fsp3) is 0.333. The first-order valence-electron chi connectivity index (χ1n) is 7.60. The largest absolute Gasteiger partial charge is 0.453 e. The standard InChI is InChI=1S/C18H17FO3S/c1-11-2-7-16-13(8-11)9-17(23-16)18(21)22-10-15(20)12-3-5-14(19)6-4-12/h3-6,9,11H,2,7-8,10H2,1H3/t11-/m0/s1. The van der Waals surface area contributed by atoms with Crippen LogP contribution >= 0.6 is 11.3 Å². The average Bonchev–Trinajstić information content (AvgIpc) is 2.96. The number of benzene rings is 1. The van der Waals surface area contributed by atoms with Gasteiger partial charge in [0.15, 0.2) is 12.4 Å². The van der Waals surface area contributed by atoms with Crippen molar-refractivity contribution < 1.29 is 18.7 Å². The molecule has 1 aliphatic carbocycles. The third-order valence-electron chi connectivity index (χ3n) is 4.03. The summed E-state index contributed by atoms with van der Waals surface area (Å²) in [5, 5.41) is 0. The van der Waals surface area contributed by atoms with E-state index in [4.69, 9.17) is 4.74 Å². The van der Waals surface area contributed by atoms with E-state index in [0.29, 0.717) is 16.4 Å². The van der Waals surface area contributed by atoms with Crippen molar-refractivity contribution in [2.75, 3.05) is 6.61 Å².